The maximum absolute atomic E-state index is 12.2. The molecule has 0 bridgehead atoms. The number of carbonyl (C=O) groups excluding carboxylic acids is 1. The number of aliphatic carboxylic acids is 1. The fraction of sp³-hybridized carbons (Fsp3) is 0.333. The lowest BCUT2D eigenvalue weighted by molar-refractivity contribution is -0.132. The molecule has 0 saturated heterocycles. The van der Waals surface area contributed by atoms with Crippen LogP contribution in [0.4, 0.5) is 0 Å². The van der Waals surface area contributed by atoms with E-state index in [-0.39, 0.29) is 42.3 Å². The summed E-state index contributed by atoms with van der Waals surface area (Å²) in [6, 6.07) is 3.44. The van der Waals surface area contributed by atoms with Gasteiger partial charge in [0.05, 0.1) is 18.8 Å². The molecule has 0 fully saturated rings. The predicted molar refractivity (Wildman–Crippen MR) is 104 cm³/mol. The number of rotatable bonds is 11. The number of allylic oxidation sites excluding steroid dienone is 3. The summed E-state index contributed by atoms with van der Waals surface area (Å²) in [5.41, 5.74) is 1.25. The standard InChI is InChI=1S/C21H26O7/c1-14(12-22)4-2-5-15(13-23)6-3-7-16(21(27)28)10-20(26)18-11-17(24)8-9-19(18)25/h4,6,8-11,22-25H,2-3,5,7,12-13H2,1H3,(H,27,28)/b14-4+,15-6-,16-10-. The Balaban J connectivity index is 2.81. The van der Waals surface area contributed by atoms with E-state index in [4.69, 9.17) is 5.11 Å². The summed E-state index contributed by atoms with van der Waals surface area (Å²) in [6.07, 6.45) is 6.13. The van der Waals surface area contributed by atoms with Gasteiger partial charge in [-0.15, -0.1) is 0 Å². The van der Waals surface area contributed by atoms with Gasteiger partial charge in [0.25, 0.3) is 0 Å². The van der Waals surface area contributed by atoms with E-state index in [1.165, 1.54) is 6.07 Å². The zero-order valence-electron chi connectivity index (χ0n) is 15.8. The quantitative estimate of drug-likeness (QED) is 0.170. The molecule has 0 aliphatic heterocycles. The molecule has 0 atom stereocenters. The van der Waals surface area contributed by atoms with Crippen molar-refractivity contribution in [3.8, 4) is 11.5 Å². The molecule has 0 aliphatic carbocycles. The Morgan fingerprint density at radius 1 is 1.00 bits per heavy atom. The Hall–Kier alpha value is -2.90. The van der Waals surface area contributed by atoms with Crippen LogP contribution < -0.4 is 0 Å². The topological polar surface area (TPSA) is 135 Å². The zero-order valence-corrected chi connectivity index (χ0v) is 15.8. The van der Waals surface area contributed by atoms with Gasteiger partial charge in [-0.05, 0) is 62.5 Å². The molecule has 5 N–H and O–H groups in total. The highest BCUT2D eigenvalue weighted by molar-refractivity contribution is 6.10. The van der Waals surface area contributed by atoms with Crippen molar-refractivity contribution < 1.29 is 35.1 Å². The molecule has 0 unspecified atom stereocenters. The van der Waals surface area contributed by atoms with Crippen molar-refractivity contribution in [2.45, 2.75) is 32.6 Å². The van der Waals surface area contributed by atoms with Crippen molar-refractivity contribution in [1.82, 2.24) is 0 Å². The molecule has 1 aromatic rings. The van der Waals surface area contributed by atoms with Gasteiger partial charge in [-0.2, -0.15) is 0 Å². The van der Waals surface area contributed by atoms with Gasteiger partial charge in [-0.3, -0.25) is 4.79 Å². The van der Waals surface area contributed by atoms with Crippen molar-refractivity contribution in [2.24, 2.45) is 0 Å². The van der Waals surface area contributed by atoms with Crippen LogP contribution in [0, 0.1) is 0 Å². The normalized spacial score (nSPS) is 12.9. The highest BCUT2D eigenvalue weighted by atomic mass is 16.4. The number of carboxylic acids is 1. The van der Waals surface area contributed by atoms with Crippen LogP contribution in [0.2, 0.25) is 0 Å². The molecule has 152 valence electrons. The van der Waals surface area contributed by atoms with Crippen molar-refractivity contribution in [3.05, 3.63) is 58.7 Å². The summed E-state index contributed by atoms with van der Waals surface area (Å²) in [7, 11) is 0. The number of hydrogen-bond acceptors (Lipinski definition) is 6. The first-order chi connectivity index (χ1) is 13.3. The first kappa shape index (κ1) is 23.1. The maximum Gasteiger partial charge on any atom is 0.331 e. The van der Waals surface area contributed by atoms with Gasteiger partial charge in [0.2, 0.25) is 0 Å². The second kappa shape index (κ2) is 11.7. The number of benzene rings is 1. The first-order valence-electron chi connectivity index (χ1n) is 8.83. The number of aliphatic hydroxyl groups is 2. The van der Waals surface area contributed by atoms with Crippen LogP contribution in [-0.2, 0) is 4.79 Å². The Kier molecular flexibility index (Phi) is 9.70. The SMILES string of the molecule is C/C(=C\CC/C(=C/CC/C(=C/C(=O)c1cc(O)ccc1O)C(=O)O)CO)CO. The van der Waals surface area contributed by atoms with E-state index in [2.05, 4.69) is 0 Å². The van der Waals surface area contributed by atoms with Crippen LogP contribution in [-0.4, -0.2) is 50.5 Å². The van der Waals surface area contributed by atoms with E-state index in [0.29, 0.717) is 19.3 Å². The minimum atomic E-state index is -1.26. The number of carboxylic acid groups (broad SMARTS) is 1. The number of carbonyl (C=O) groups is 2. The molecular formula is C21H26O7. The second-order valence-electron chi connectivity index (χ2n) is 6.35. The Bertz CT molecular complexity index is 788. The lowest BCUT2D eigenvalue weighted by atomic mass is 10.0. The third kappa shape index (κ3) is 7.77. The maximum atomic E-state index is 12.2. The molecule has 28 heavy (non-hydrogen) atoms. The largest absolute Gasteiger partial charge is 0.508 e. The fourth-order valence-corrected chi connectivity index (χ4v) is 2.44. The van der Waals surface area contributed by atoms with Gasteiger partial charge >= 0.3 is 5.97 Å². The molecule has 0 amide bonds. The Labute approximate surface area is 163 Å². The summed E-state index contributed by atoms with van der Waals surface area (Å²) in [5, 5.41) is 46.8. The number of ketones is 1. The monoisotopic (exact) mass is 390 g/mol. The lowest BCUT2D eigenvalue weighted by Gasteiger charge is -2.05. The van der Waals surface area contributed by atoms with Crippen LogP contribution in [0.15, 0.2) is 53.1 Å². The van der Waals surface area contributed by atoms with E-state index >= 15 is 0 Å². The van der Waals surface area contributed by atoms with E-state index in [9.17, 15) is 30.0 Å². The number of aromatic hydroxyl groups is 2. The molecule has 0 radical (unpaired) electrons. The highest BCUT2D eigenvalue weighted by Gasteiger charge is 2.14. The number of aliphatic hydroxyl groups excluding tert-OH is 2. The molecule has 0 aromatic heterocycles. The van der Waals surface area contributed by atoms with Crippen LogP contribution in [0.3, 0.4) is 0 Å². The van der Waals surface area contributed by atoms with E-state index < -0.39 is 11.8 Å². The van der Waals surface area contributed by atoms with Gasteiger partial charge in [0.15, 0.2) is 5.78 Å². The van der Waals surface area contributed by atoms with Crippen molar-refractivity contribution in [3.63, 3.8) is 0 Å². The van der Waals surface area contributed by atoms with Crippen molar-refractivity contribution in [2.75, 3.05) is 13.2 Å². The van der Waals surface area contributed by atoms with Crippen LogP contribution in [0.25, 0.3) is 0 Å². The smallest absolute Gasteiger partial charge is 0.331 e. The van der Waals surface area contributed by atoms with Crippen LogP contribution in [0.1, 0.15) is 43.0 Å². The van der Waals surface area contributed by atoms with Gasteiger partial charge in [0.1, 0.15) is 11.5 Å². The fourth-order valence-electron chi connectivity index (χ4n) is 2.44. The molecule has 7 nitrogen and oxygen atoms in total. The second-order valence-corrected chi connectivity index (χ2v) is 6.35. The molecule has 0 spiro atoms. The van der Waals surface area contributed by atoms with Gasteiger partial charge in [0, 0.05) is 5.57 Å². The average Bonchev–Trinajstić information content (AvgIpc) is 2.67. The summed E-state index contributed by atoms with van der Waals surface area (Å²) in [4.78, 5) is 23.6. The van der Waals surface area contributed by atoms with Crippen LogP contribution in [0.5, 0.6) is 11.5 Å². The number of phenols is 2. The molecule has 7 heteroatoms. The molecule has 1 rings (SSSR count). The average molecular weight is 390 g/mol. The Morgan fingerprint density at radius 2 is 1.68 bits per heavy atom. The number of hydrogen-bond donors (Lipinski definition) is 5. The van der Waals surface area contributed by atoms with E-state index in [0.717, 1.165) is 29.4 Å². The summed E-state index contributed by atoms with van der Waals surface area (Å²) >= 11 is 0. The predicted octanol–water partition coefficient (Wildman–Crippen LogP) is 2.71. The summed E-state index contributed by atoms with van der Waals surface area (Å²) in [6.45, 7) is 1.62. The third-order valence-electron chi connectivity index (χ3n) is 4.08. The first-order valence-corrected chi connectivity index (χ1v) is 8.83. The lowest BCUT2D eigenvalue weighted by Crippen LogP contribution is -2.05. The number of phenolic OH excluding ortho intramolecular Hbond substituents is 2. The third-order valence-corrected chi connectivity index (χ3v) is 4.08. The minimum absolute atomic E-state index is 0.0201. The van der Waals surface area contributed by atoms with E-state index in [1.807, 2.05) is 6.08 Å². The van der Waals surface area contributed by atoms with Gasteiger partial charge in [-0.1, -0.05) is 17.7 Å². The molecule has 0 saturated carbocycles. The molecule has 1 aromatic carbocycles. The van der Waals surface area contributed by atoms with E-state index in [1.54, 1.807) is 13.0 Å². The van der Waals surface area contributed by atoms with Crippen LogP contribution >= 0.6 is 0 Å². The summed E-state index contributed by atoms with van der Waals surface area (Å²) in [5.74, 6) is -2.54. The highest BCUT2D eigenvalue weighted by Crippen LogP contribution is 2.23. The minimum Gasteiger partial charge on any atom is -0.508 e. The van der Waals surface area contributed by atoms with Crippen molar-refractivity contribution in [1.29, 1.82) is 0 Å². The Morgan fingerprint density at radius 3 is 2.29 bits per heavy atom. The summed E-state index contributed by atoms with van der Waals surface area (Å²) < 4.78 is 0. The molecule has 0 heterocycles. The van der Waals surface area contributed by atoms with Crippen molar-refractivity contribution >= 4 is 11.8 Å². The molecule has 0 aliphatic rings. The zero-order chi connectivity index (χ0) is 21.1. The molecular weight excluding hydrogens is 364 g/mol. The van der Waals surface area contributed by atoms with Gasteiger partial charge < -0.3 is 25.5 Å². The van der Waals surface area contributed by atoms with Gasteiger partial charge in [-0.25, -0.2) is 4.79 Å².